The molecule has 0 bridgehead atoms. The summed E-state index contributed by atoms with van der Waals surface area (Å²) in [6.45, 7) is 2.08. The number of thioether (sulfide) groups is 1. The Morgan fingerprint density at radius 2 is 2.11 bits per heavy atom. The lowest BCUT2D eigenvalue weighted by atomic mass is 10.3. The molecule has 2 rings (SSSR count). The van der Waals surface area contributed by atoms with E-state index in [1.54, 1.807) is 30.1 Å². The predicted octanol–water partition coefficient (Wildman–Crippen LogP) is 4.21. The molecule has 1 amide bonds. The van der Waals surface area contributed by atoms with E-state index >= 15 is 0 Å². The molecule has 0 aliphatic rings. The summed E-state index contributed by atoms with van der Waals surface area (Å²) in [5.74, 6) is 0.747. The highest BCUT2D eigenvalue weighted by Gasteiger charge is 2.12. The first-order valence-electron chi connectivity index (χ1n) is 5.86. The van der Waals surface area contributed by atoms with Crippen LogP contribution in [-0.2, 0) is 0 Å². The molecule has 0 spiro atoms. The average molecular weight is 337 g/mol. The number of nitrogens with zero attached hydrogens (tertiary/aromatic N) is 1. The lowest BCUT2D eigenvalue weighted by Gasteiger charge is -2.10. The summed E-state index contributed by atoms with van der Waals surface area (Å²) < 4.78 is 0.688. The molecular formula is C14H13BrN2OS. The third-order valence-corrected chi connectivity index (χ3v) is 4.00. The van der Waals surface area contributed by atoms with E-state index < -0.39 is 0 Å². The number of nitrogens with one attached hydrogen (secondary N) is 1. The van der Waals surface area contributed by atoms with Crippen molar-refractivity contribution < 1.29 is 4.79 Å². The van der Waals surface area contributed by atoms with Gasteiger partial charge in [-0.25, -0.2) is 4.98 Å². The Morgan fingerprint density at radius 3 is 2.84 bits per heavy atom. The molecular weight excluding hydrogens is 324 g/mol. The van der Waals surface area contributed by atoms with Crippen LogP contribution in [0.2, 0.25) is 0 Å². The number of carbonyl (C=O) groups is 1. The van der Waals surface area contributed by atoms with Crippen molar-refractivity contribution in [2.24, 2.45) is 0 Å². The third kappa shape index (κ3) is 3.58. The topological polar surface area (TPSA) is 42.0 Å². The molecule has 98 valence electrons. The highest BCUT2D eigenvalue weighted by atomic mass is 79.9. The summed E-state index contributed by atoms with van der Waals surface area (Å²) in [7, 11) is 0. The summed E-state index contributed by atoms with van der Waals surface area (Å²) >= 11 is 5.03. The van der Waals surface area contributed by atoms with E-state index in [0.29, 0.717) is 10.2 Å². The Bertz CT molecular complexity index is 589. The maximum Gasteiger partial charge on any atom is 0.275 e. The number of halogens is 1. The Kier molecular flexibility index (Phi) is 4.99. The summed E-state index contributed by atoms with van der Waals surface area (Å²) in [5, 5.41) is 2.90. The Labute approximate surface area is 125 Å². The molecule has 0 fully saturated rings. The van der Waals surface area contributed by atoms with E-state index in [9.17, 15) is 4.79 Å². The van der Waals surface area contributed by atoms with E-state index in [4.69, 9.17) is 0 Å². The smallest absolute Gasteiger partial charge is 0.275 e. The third-order valence-electron chi connectivity index (χ3n) is 2.41. The van der Waals surface area contributed by atoms with Crippen molar-refractivity contribution in [3.63, 3.8) is 0 Å². The molecule has 1 N–H and O–H groups in total. The maximum atomic E-state index is 12.2. The number of benzene rings is 1. The van der Waals surface area contributed by atoms with Crippen molar-refractivity contribution in [3.8, 4) is 0 Å². The fourth-order valence-electron chi connectivity index (χ4n) is 1.59. The van der Waals surface area contributed by atoms with Crippen molar-refractivity contribution in [3.05, 3.63) is 52.8 Å². The van der Waals surface area contributed by atoms with Gasteiger partial charge in [0, 0.05) is 15.6 Å². The van der Waals surface area contributed by atoms with Crippen molar-refractivity contribution in [1.29, 1.82) is 0 Å². The first-order valence-corrected chi connectivity index (χ1v) is 7.64. The van der Waals surface area contributed by atoms with Crippen LogP contribution in [0.4, 0.5) is 5.69 Å². The van der Waals surface area contributed by atoms with Crippen LogP contribution in [-0.4, -0.2) is 16.6 Å². The van der Waals surface area contributed by atoms with Gasteiger partial charge in [0.2, 0.25) is 0 Å². The number of rotatable bonds is 4. The monoisotopic (exact) mass is 336 g/mol. The first-order chi connectivity index (χ1) is 9.22. The van der Waals surface area contributed by atoms with Gasteiger partial charge in [0.1, 0.15) is 5.69 Å². The minimum absolute atomic E-state index is 0.211. The highest BCUT2D eigenvalue weighted by Crippen LogP contribution is 2.27. The summed E-state index contributed by atoms with van der Waals surface area (Å²) in [4.78, 5) is 17.3. The van der Waals surface area contributed by atoms with Gasteiger partial charge < -0.3 is 5.32 Å². The lowest BCUT2D eigenvalue weighted by Crippen LogP contribution is -2.14. The fourth-order valence-corrected chi connectivity index (χ4v) is 2.78. The van der Waals surface area contributed by atoms with E-state index in [2.05, 4.69) is 33.2 Å². The standard InChI is InChI=1S/C14H13BrN2OS/c1-2-19-12-8-4-3-7-11(12)17-14(18)13-10(15)6-5-9-16-13/h3-9H,2H2,1H3,(H,17,18). The van der Waals surface area contributed by atoms with Crippen LogP contribution in [0.5, 0.6) is 0 Å². The van der Waals surface area contributed by atoms with Crippen LogP contribution in [0.25, 0.3) is 0 Å². The van der Waals surface area contributed by atoms with Crippen molar-refractivity contribution in [2.75, 3.05) is 11.1 Å². The number of aromatic nitrogens is 1. The second kappa shape index (κ2) is 6.73. The van der Waals surface area contributed by atoms with Crippen LogP contribution in [0.15, 0.2) is 52.0 Å². The zero-order valence-corrected chi connectivity index (χ0v) is 12.8. The second-order valence-electron chi connectivity index (χ2n) is 3.72. The van der Waals surface area contributed by atoms with Gasteiger partial charge in [0.15, 0.2) is 0 Å². The molecule has 0 unspecified atom stereocenters. The van der Waals surface area contributed by atoms with Gasteiger partial charge >= 0.3 is 0 Å². The van der Waals surface area contributed by atoms with E-state index in [-0.39, 0.29) is 5.91 Å². The van der Waals surface area contributed by atoms with E-state index in [1.807, 2.05) is 24.3 Å². The van der Waals surface area contributed by atoms with Crippen LogP contribution >= 0.6 is 27.7 Å². The van der Waals surface area contributed by atoms with Crippen LogP contribution in [0.1, 0.15) is 17.4 Å². The molecule has 19 heavy (non-hydrogen) atoms. The van der Waals surface area contributed by atoms with E-state index in [1.165, 1.54) is 0 Å². The van der Waals surface area contributed by atoms with Gasteiger partial charge in [0.05, 0.1) is 5.69 Å². The molecule has 0 saturated carbocycles. The number of anilines is 1. The number of carbonyl (C=O) groups excluding carboxylic acids is 1. The van der Waals surface area contributed by atoms with Crippen LogP contribution in [0.3, 0.4) is 0 Å². The molecule has 5 heteroatoms. The summed E-state index contributed by atoms with van der Waals surface area (Å²) in [5.41, 5.74) is 1.20. The molecule has 2 aromatic rings. The molecule has 1 aromatic heterocycles. The highest BCUT2D eigenvalue weighted by molar-refractivity contribution is 9.10. The predicted molar refractivity (Wildman–Crippen MR) is 82.7 cm³/mol. The van der Waals surface area contributed by atoms with Crippen molar-refractivity contribution >= 4 is 39.3 Å². The van der Waals surface area contributed by atoms with Gasteiger partial charge in [-0.05, 0) is 45.9 Å². The van der Waals surface area contributed by atoms with E-state index in [0.717, 1.165) is 16.3 Å². The number of amides is 1. The molecule has 0 atom stereocenters. The normalized spacial score (nSPS) is 10.2. The zero-order chi connectivity index (χ0) is 13.7. The fraction of sp³-hybridized carbons (Fsp3) is 0.143. The zero-order valence-electron chi connectivity index (χ0n) is 10.4. The molecule has 0 aliphatic carbocycles. The molecule has 1 aromatic carbocycles. The van der Waals surface area contributed by atoms with Crippen molar-refractivity contribution in [2.45, 2.75) is 11.8 Å². The van der Waals surface area contributed by atoms with Crippen molar-refractivity contribution in [1.82, 2.24) is 4.98 Å². The molecule has 0 radical (unpaired) electrons. The molecule has 1 heterocycles. The number of pyridine rings is 1. The Hall–Kier alpha value is -1.33. The number of hydrogen-bond donors (Lipinski definition) is 1. The summed E-state index contributed by atoms with van der Waals surface area (Å²) in [6.07, 6.45) is 1.60. The SMILES string of the molecule is CCSc1ccccc1NC(=O)c1ncccc1Br. The largest absolute Gasteiger partial charge is 0.320 e. The Morgan fingerprint density at radius 1 is 1.32 bits per heavy atom. The van der Waals surface area contributed by atoms with Gasteiger partial charge in [0.25, 0.3) is 5.91 Å². The van der Waals surface area contributed by atoms with Gasteiger partial charge in [-0.15, -0.1) is 11.8 Å². The van der Waals surface area contributed by atoms with Crippen LogP contribution < -0.4 is 5.32 Å². The summed E-state index contributed by atoms with van der Waals surface area (Å²) in [6, 6.07) is 11.3. The second-order valence-corrected chi connectivity index (χ2v) is 5.88. The quantitative estimate of drug-likeness (QED) is 0.850. The number of hydrogen-bond acceptors (Lipinski definition) is 3. The van der Waals surface area contributed by atoms with Gasteiger partial charge in [-0.1, -0.05) is 19.1 Å². The molecule has 0 saturated heterocycles. The molecule has 3 nitrogen and oxygen atoms in total. The maximum absolute atomic E-state index is 12.2. The first kappa shape index (κ1) is 14.1. The Balaban J connectivity index is 2.22. The number of para-hydroxylation sites is 1. The van der Waals surface area contributed by atoms with Crippen LogP contribution in [0, 0.1) is 0 Å². The minimum atomic E-state index is -0.211. The average Bonchev–Trinajstić information content (AvgIpc) is 2.41. The van der Waals surface area contributed by atoms with Gasteiger partial charge in [-0.3, -0.25) is 4.79 Å². The van der Waals surface area contributed by atoms with Gasteiger partial charge in [-0.2, -0.15) is 0 Å². The minimum Gasteiger partial charge on any atom is -0.320 e. The lowest BCUT2D eigenvalue weighted by molar-refractivity contribution is 0.102. The molecule has 0 aliphatic heterocycles.